The number of aliphatic carboxylic acids is 1. The van der Waals surface area contributed by atoms with Crippen molar-refractivity contribution in [2.24, 2.45) is 0 Å². The molecule has 1 aliphatic rings. The monoisotopic (exact) mass is 558 g/mol. The summed E-state index contributed by atoms with van der Waals surface area (Å²) in [4.78, 5) is 41.1. The standard InChI is InChI=1S/C33H38N2O4S/c36-30(29(40)19-11-10-16-25-12-4-1-5-13-25)34-33(21-20-26-14-6-2-7-15-26)22-23-35(32(33)39)28(31(37)38)24-27-17-8-3-9-18-27/h1-9,12-15,17-18,28-29,40H,10-11,16,19-24H2,(H,34,36)(H,37,38)/t28-,29-,33?/m0/s1. The molecule has 3 atom stereocenters. The van der Waals surface area contributed by atoms with Crippen LogP contribution in [0.15, 0.2) is 91.0 Å². The van der Waals surface area contributed by atoms with Gasteiger partial charge in [0.1, 0.15) is 11.6 Å². The number of nitrogens with zero attached hydrogens (tertiary/aromatic N) is 1. The van der Waals surface area contributed by atoms with Crippen molar-refractivity contribution >= 4 is 30.4 Å². The molecule has 0 spiro atoms. The SMILES string of the molecule is O=C(NC1(CCc2ccccc2)CCN([C@@H](Cc2ccccc2)C(=O)O)C1=O)[C@@H](S)CCCCc1ccccc1. The smallest absolute Gasteiger partial charge is 0.326 e. The molecule has 1 saturated heterocycles. The predicted octanol–water partition coefficient (Wildman–Crippen LogP) is 5.11. The molecule has 1 unspecified atom stereocenters. The van der Waals surface area contributed by atoms with Crippen molar-refractivity contribution in [2.75, 3.05) is 6.54 Å². The number of carboxylic acid groups (broad SMARTS) is 1. The quantitative estimate of drug-likeness (QED) is 0.190. The Labute approximate surface area is 242 Å². The number of hydrogen-bond donors (Lipinski definition) is 3. The number of benzene rings is 3. The van der Waals surface area contributed by atoms with Gasteiger partial charge in [-0.05, 0) is 55.2 Å². The first-order chi connectivity index (χ1) is 19.4. The van der Waals surface area contributed by atoms with E-state index in [0.29, 0.717) is 25.7 Å². The molecule has 0 saturated carbocycles. The minimum Gasteiger partial charge on any atom is -0.480 e. The van der Waals surface area contributed by atoms with Crippen molar-refractivity contribution < 1.29 is 19.5 Å². The van der Waals surface area contributed by atoms with Crippen LogP contribution in [0.1, 0.15) is 48.8 Å². The maximum Gasteiger partial charge on any atom is 0.326 e. The van der Waals surface area contributed by atoms with Crippen molar-refractivity contribution in [3.05, 3.63) is 108 Å². The van der Waals surface area contributed by atoms with E-state index in [1.807, 2.05) is 78.9 Å². The van der Waals surface area contributed by atoms with E-state index in [0.717, 1.165) is 30.4 Å². The number of carbonyl (C=O) groups excluding carboxylic acids is 2. The number of hydrogen-bond acceptors (Lipinski definition) is 4. The van der Waals surface area contributed by atoms with Crippen LogP contribution in [0, 0.1) is 0 Å². The lowest BCUT2D eigenvalue weighted by Gasteiger charge is -2.32. The summed E-state index contributed by atoms with van der Waals surface area (Å²) in [5.74, 6) is -1.65. The molecule has 2 amide bonds. The van der Waals surface area contributed by atoms with Crippen molar-refractivity contribution in [2.45, 2.75) is 68.2 Å². The highest BCUT2D eigenvalue weighted by Gasteiger charge is 2.50. The number of carboxylic acids is 1. The molecule has 1 heterocycles. The molecular formula is C33H38N2O4S. The second-order valence-electron chi connectivity index (χ2n) is 10.6. The predicted molar refractivity (Wildman–Crippen MR) is 160 cm³/mol. The molecule has 3 aromatic rings. The number of likely N-dealkylation sites (tertiary alicyclic amines) is 1. The number of nitrogens with one attached hydrogen (secondary N) is 1. The van der Waals surface area contributed by atoms with Gasteiger partial charge < -0.3 is 15.3 Å². The van der Waals surface area contributed by atoms with Crippen LogP contribution in [0.3, 0.4) is 0 Å². The summed E-state index contributed by atoms with van der Waals surface area (Å²) in [5, 5.41) is 12.6. The number of unbranched alkanes of at least 4 members (excludes halogenated alkanes) is 1. The van der Waals surface area contributed by atoms with E-state index >= 15 is 0 Å². The zero-order valence-corrected chi connectivity index (χ0v) is 23.6. The summed E-state index contributed by atoms with van der Waals surface area (Å²) in [7, 11) is 0. The molecule has 0 radical (unpaired) electrons. The van der Waals surface area contributed by atoms with Crippen LogP contribution in [0.25, 0.3) is 0 Å². The van der Waals surface area contributed by atoms with Crippen molar-refractivity contribution in [1.82, 2.24) is 10.2 Å². The fourth-order valence-electron chi connectivity index (χ4n) is 5.43. The fraction of sp³-hybridized carbons (Fsp3) is 0.364. The molecule has 2 N–H and O–H groups in total. The first kappa shape index (κ1) is 29.4. The highest BCUT2D eigenvalue weighted by Crippen LogP contribution is 2.31. The summed E-state index contributed by atoms with van der Waals surface area (Å²) in [6, 6.07) is 28.4. The average molecular weight is 559 g/mol. The third kappa shape index (κ3) is 7.75. The lowest BCUT2D eigenvalue weighted by Crippen LogP contribution is -2.58. The topological polar surface area (TPSA) is 86.7 Å². The Hall–Kier alpha value is -3.58. The Kier molecular flexibility index (Phi) is 10.4. The molecule has 7 heteroatoms. The summed E-state index contributed by atoms with van der Waals surface area (Å²) >= 11 is 4.59. The first-order valence-electron chi connectivity index (χ1n) is 14.0. The van der Waals surface area contributed by atoms with E-state index in [1.54, 1.807) is 0 Å². The fourth-order valence-corrected chi connectivity index (χ4v) is 5.68. The van der Waals surface area contributed by atoms with Gasteiger partial charge in [-0.3, -0.25) is 9.59 Å². The summed E-state index contributed by atoms with van der Waals surface area (Å²) in [6.45, 7) is 0.270. The van der Waals surface area contributed by atoms with Gasteiger partial charge in [-0.2, -0.15) is 12.6 Å². The maximum atomic E-state index is 14.0. The highest BCUT2D eigenvalue weighted by molar-refractivity contribution is 7.81. The molecule has 210 valence electrons. The minimum absolute atomic E-state index is 0.210. The molecule has 1 aliphatic heterocycles. The molecule has 0 bridgehead atoms. The third-order valence-corrected chi connectivity index (χ3v) is 8.26. The van der Waals surface area contributed by atoms with Crippen LogP contribution in [-0.4, -0.2) is 51.2 Å². The number of thiol groups is 1. The average Bonchev–Trinajstić information content (AvgIpc) is 3.29. The second kappa shape index (κ2) is 14.2. The third-order valence-electron chi connectivity index (χ3n) is 7.77. The van der Waals surface area contributed by atoms with Crippen LogP contribution in [0.2, 0.25) is 0 Å². The Morgan fingerprint density at radius 1 is 0.850 bits per heavy atom. The maximum absolute atomic E-state index is 14.0. The largest absolute Gasteiger partial charge is 0.480 e. The van der Waals surface area contributed by atoms with Gasteiger partial charge in [0.25, 0.3) is 0 Å². The van der Waals surface area contributed by atoms with Gasteiger partial charge in [0.05, 0.1) is 5.25 Å². The van der Waals surface area contributed by atoms with Crippen LogP contribution < -0.4 is 5.32 Å². The second-order valence-corrected chi connectivity index (χ2v) is 11.2. The van der Waals surface area contributed by atoms with E-state index in [4.69, 9.17) is 0 Å². The van der Waals surface area contributed by atoms with Gasteiger partial charge in [-0.1, -0.05) is 97.4 Å². The van der Waals surface area contributed by atoms with Crippen LogP contribution >= 0.6 is 12.6 Å². The molecule has 3 aromatic carbocycles. The Morgan fingerprint density at radius 3 is 1.98 bits per heavy atom. The molecule has 40 heavy (non-hydrogen) atoms. The Balaban J connectivity index is 1.44. The molecule has 0 aliphatic carbocycles. The van der Waals surface area contributed by atoms with E-state index < -0.39 is 22.8 Å². The van der Waals surface area contributed by atoms with Crippen molar-refractivity contribution in [1.29, 1.82) is 0 Å². The summed E-state index contributed by atoms with van der Waals surface area (Å²) < 4.78 is 0. The number of carbonyl (C=O) groups is 3. The van der Waals surface area contributed by atoms with Crippen LogP contribution in [0.5, 0.6) is 0 Å². The molecule has 6 nitrogen and oxygen atoms in total. The Bertz CT molecular complexity index is 1260. The summed E-state index contributed by atoms with van der Waals surface area (Å²) in [6.07, 6.45) is 4.87. The number of rotatable bonds is 14. The normalized spacial score (nSPS) is 18.3. The van der Waals surface area contributed by atoms with E-state index in [9.17, 15) is 19.5 Å². The van der Waals surface area contributed by atoms with Gasteiger partial charge in [-0.15, -0.1) is 0 Å². The molecular weight excluding hydrogens is 520 g/mol. The van der Waals surface area contributed by atoms with Gasteiger partial charge in [0.2, 0.25) is 11.8 Å². The van der Waals surface area contributed by atoms with E-state index in [-0.39, 0.29) is 24.8 Å². The van der Waals surface area contributed by atoms with E-state index in [1.165, 1.54) is 10.5 Å². The van der Waals surface area contributed by atoms with Gasteiger partial charge in [0.15, 0.2) is 0 Å². The zero-order valence-electron chi connectivity index (χ0n) is 22.7. The Morgan fingerprint density at radius 2 is 1.40 bits per heavy atom. The minimum atomic E-state index is -1.16. The van der Waals surface area contributed by atoms with Crippen LogP contribution in [0.4, 0.5) is 0 Å². The van der Waals surface area contributed by atoms with Gasteiger partial charge in [-0.25, -0.2) is 4.79 Å². The van der Waals surface area contributed by atoms with Crippen molar-refractivity contribution in [3.8, 4) is 0 Å². The summed E-state index contributed by atoms with van der Waals surface area (Å²) in [5.41, 5.74) is 2.01. The number of aryl methyl sites for hydroxylation is 2. The molecule has 1 fully saturated rings. The first-order valence-corrected chi connectivity index (χ1v) is 14.6. The van der Waals surface area contributed by atoms with Crippen molar-refractivity contribution in [3.63, 3.8) is 0 Å². The number of amides is 2. The van der Waals surface area contributed by atoms with E-state index in [2.05, 4.69) is 30.1 Å². The van der Waals surface area contributed by atoms with Gasteiger partial charge >= 0.3 is 5.97 Å². The highest BCUT2D eigenvalue weighted by atomic mass is 32.1. The molecule has 0 aromatic heterocycles. The lowest BCUT2D eigenvalue weighted by molar-refractivity contribution is -0.150. The lowest BCUT2D eigenvalue weighted by atomic mass is 9.89. The van der Waals surface area contributed by atoms with Gasteiger partial charge in [0, 0.05) is 13.0 Å². The molecule has 4 rings (SSSR count). The van der Waals surface area contributed by atoms with Crippen LogP contribution in [-0.2, 0) is 33.6 Å². The zero-order chi connectivity index (χ0) is 28.4.